The van der Waals surface area contributed by atoms with E-state index in [2.05, 4.69) is 30.7 Å². The fourth-order valence-electron chi connectivity index (χ4n) is 5.92. The summed E-state index contributed by atoms with van der Waals surface area (Å²) in [5, 5.41) is 17.9. The summed E-state index contributed by atoms with van der Waals surface area (Å²) < 4.78 is 47.3. The van der Waals surface area contributed by atoms with Crippen molar-refractivity contribution in [2.75, 3.05) is 0 Å². The summed E-state index contributed by atoms with van der Waals surface area (Å²) in [5.41, 5.74) is 2.19. The first-order chi connectivity index (χ1) is 19.1. The Kier molecular flexibility index (Phi) is 6.99. The van der Waals surface area contributed by atoms with Crippen molar-refractivity contribution in [3.8, 4) is 0 Å². The number of aryl methyl sites for hydroxylation is 1. The standard InChI is InChI=1S/C27H32F3N7O3/c1-14-23(36-40-35-14)26(39)34-25(17-4-6-27(29,30)7-5-17)20-13-37-21(32-20)11-18(12-31-37)24(16-2-3-16)33-22(38)10-15-8-19(28)9-15/h11-13,15-17,19,24-25H,2-10H2,1H3,(H,33,38)(H,34,39)/t15-,19+,24-,25+/m1/s1. The normalized spacial score (nSPS) is 24.3. The van der Waals surface area contributed by atoms with Crippen molar-refractivity contribution >= 4 is 17.5 Å². The predicted molar refractivity (Wildman–Crippen MR) is 135 cm³/mol. The zero-order valence-corrected chi connectivity index (χ0v) is 22.2. The molecule has 0 saturated heterocycles. The second kappa shape index (κ2) is 10.5. The highest BCUT2D eigenvalue weighted by Gasteiger charge is 2.40. The summed E-state index contributed by atoms with van der Waals surface area (Å²) in [4.78, 5) is 30.4. The first-order valence-corrected chi connectivity index (χ1v) is 13.9. The second-order valence-electron chi connectivity index (χ2n) is 11.6. The number of imidazole rings is 1. The van der Waals surface area contributed by atoms with Crippen molar-refractivity contribution in [2.45, 2.75) is 88.9 Å². The Morgan fingerprint density at radius 3 is 2.48 bits per heavy atom. The smallest absolute Gasteiger partial charge is 0.276 e. The highest BCUT2D eigenvalue weighted by Crippen LogP contribution is 2.43. The van der Waals surface area contributed by atoms with Gasteiger partial charge in [-0.05, 0) is 80.0 Å². The lowest BCUT2D eigenvalue weighted by molar-refractivity contribution is -0.124. The third-order valence-corrected chi connectivity index (χ3v) is 8.49. The molecule has 3 heterocycles. The van der Waals surface area contributed by atoms with Crippen LogP contribution < -0.4 is 10.6 Å². The summed E-state index contributed by atoms with van der Waals surface area (Å²) in [5.74, 6) is -3.20. The number of carbonyl (C=O) groups excluding carboxylic acids is 2. The van der Waals surface area contributed by atoms with E-state index < -0.39 is 24.0 Å². The van der Waals surface area contributed by atoms with Gasteiger partial charge < -0.3 is 10.6 Å². The Morgan fingerprint density at radius 1 is 1.10 bits per heavy atom. The van der Waals surface area contributed by atoms with Gasteiger partial charge in [0.25, 0.3) is 5.91 Å². The molecule has 3 aliphatic rings. The molecular formula is C27H32F3N7O3. The van der Waals surface area contributed by atoms with Crippen molar-refractivity contribution in [2.24, 2.45) is 17.8 Å². The first-order valence-electron chi connectivity index (χ1n) is 13.9. The Labute approximate surface area is 228 Å². The van der Waals surface area contributed by atoms with Gasteiger partial charge in [0, 0.05) is 19.3 Å². The van der Waals surface area contributed by atoms with Gasteiger partial charge in [0.15, 0.2) is 11.3 Å². The van der Waals surface area contributed by atoms with Gasteiger partial charge in [-0.3, -0.25) is 9.59 Å². The average molecular weight is 560 g/mol. The summed E-state index contributed by atoms with van der Waals surface area (Å²) in [6.45, 7) is 1.59. The van der Waals surface area contributed by atoms with Gasteiger partial charge >= 0.3 is 0 Å². The van der Waals surface area contributed by atoms with Crippen LogP contribution in [0.15, 0.2) is 23.1 Å². The summed E-state index contributed by atoms with van der Waals surface area (Å²) >= 11 is 0. The molecule has 3 aliphatic carbocycles. The lowest BCUT2D eigenvalue weighted by atomic mass is 9.81. The number of hydrogen-bond acceptors (Lipinski definition) is 7. The molecule has 2 atom stereocenters. The quantitative estimate of drug-likeness (QED) is 0.397. The highest BCUT2D eigenvalue weighted by molar-refractivity contribution is 5.93. The van der Waals surface area contributed by atoms with Gasteiger partial charge in [0.2, 0.25) is 11.8 Å². The van der Waals surface area contributed by atoms with Crippen LogP contribution in [0.4, 0.5) is 13.2 Å². The molecule has 0 bridgehead atoms. The van der Waals surface area contributed by atoms with E-state index >= 15 is 0 Å². The maximum Gasteiger partial charge on any atom is 0.276 e. The minimum absolute atomic E-state index is 0.0299. The van der Waals surface area contributed by atoms with E-state index in [0.29, 0.717) is 42.2 Å². The number of fused-ring (bicyclic) bond motifs is 1. The Balaban J connectivity index is 1.24. The van der Waals surface area contributed by atoms with E-state index in [1.807, 2.05) is 6.07 Å². The van der Waals surface area contributed by atoms with Crippen LogP contribution in [-0.4, -0.2) is 48.8 Å². The van der Waals surface area contributed by atoms with Crippen molar-refractivity contribution in [1.29, 1.82) is 0 Å². The number of nitrogens with one attached hydrogen (secondary N) is 2. The minimum Gasteiger partial charge on any atom is -0.349 e. The molecule has 10 nitrogen and oxygen atoms in total. The molecule has 0 spiro atoms. The van der Waals surface area contributed by atoms with Crippen LogP contribution in [0, 0.1) is 24.7 Å². The van der Waals surface area contributed by atoms with Crippen LogP contribution in [0.25, 0.3) is 5.65 Å². The number of alkyl halides is 3. The van der Waals surface area contributed by atoms with Crippen LogP contribution in [0.1, 0.15) is 97.3 Å². The summed E-state index contributed by atoms with van der Waals surface area (Å²) in [6, 6.07) is 0.996. The molecule has 0 unspecified atom stereocenters. The molecule has 3 aromatic rings. The Morgan fingerprint density at radius 2 is 1.82 bits per heavy atom. The predicted octanol–water partition coefficient (Wildman–Crippen LogP) is 4.42. The number of rotatable bonds is 9. The molecule has 2 amide bonds. The molecule has 0 aromatic carbocycles. The van der Waals surface area contributed by atoms with Gasteiger partial charge in [-0.25, -0.2) is 27.3 Å². The molecule has 40 heavy (non-hydrogen) atoms. The molecule has 3 saturated carbocycles. The molecule has 13 heteroatoms. The maximum absolute atomic E-state index is 13.9. The van der Waals surface area contributed by atoms with Crippen molar-refractivity contribution in [3.63, 3.8) is 0 Å². The first kappa shape index (κ1) is 26.7. The molecule has 6 rings (SSSR count). The monoisotopic (exact) mass is 559 g/mol. The third-order valence-electron chi connectivity index (χ3n) is 8.49. The van der Waals surface area contributed by atoms with E-state index in [-0.39, 0.29) is 55.2 Å². The van der Waals surface area contributed by atoms with Gasteiger partial charge in [-0.1, -0.05) is 5.16 Å². The van der Waals surface area contributed by atoms with Crippen molar-refractivity contribution in [1.82, 2.24) is 35.5 Å². The molecule has 3 fully saturated rings. The fraction of sp³-hybridized carbons (Fsp3) is 0.630. The van der Waals surface area contributed by atoms with Crippen LogP contribution >= 0.6 is 0 Å². The second-order valence-corrected chi connectivity index (χ2v) is 11.6. The molecule has 214 valence electrons. The number of nitrogens with zero attached hydrogens (tertiary/aromatic N) is 5. The molecule has 0 radical (unpaired) electrons. The number of carbonyl (C=O) groups is 2. The molecule has 3 aromatic heterocycles. The molecule has 0 aliphatic heterocycles. The highest BCUT2D eigenvalue weighted by atomic mass is 19.3. The topological polar surface area (TPSA) is 127 Å². The van der Waals surface area contributed by atoms with E-state index in [0.717, 1.165) is 18.4 Å². The van der Waals surface area contributed by atoms with E-state index in [4.69, 9.17) is 4.98 Å². The minimum atomic E-state index is -2.72. The zero-order chi connectivity index (χ0) is 28.0. The van der Waals surface area contributed by atoms with Gasteiger partial charge in [-0.15, -0.1) is 0 Å². The van der Waals surface area contributed by atoms with E-state index in [1.54, 1.807) is 23.8 Å². The van der Waals surface area contributed by atoms with Crippen LogP contribution in [0.5, 0.6) is 0 Å². The fourth-order valence-corrected chi connectivity index (χ4v) is 5.92. The van der Waals surface area contributed by atoms with Crippen LogP contribution in [0.3, 0.4) is 0 Å². The summed E-state index contributed by atoms with van der Waals surface area (Å²) in [6.07, 6.45) is 5.68. The van der Waals surface area contributed by atoms with Crippen molar-refractivity contribution in [3.05, 3.63) is 41.1 Å². The van der Waals surface area contributed by atoms with Gasteiger partial charge in [0.1, 0.15) is 11.9 Å². The van der Waals surface area contributed by atoms with Crippen LogP contribution in [-0.2, 0) is 4.79 Å². The maximum atomic E-state index is 13.9. The van der Waals surface area contributed by atoms with E-state index in [9.17, 15) is 22.8 Å². The van der Waals surface area contributed by atoms with Crippen LogP contribution in [0.2, 0.25) is 0 Å². The number of hydrogen-bond donors (Lipinski definition) is 2. The molecule has 2 N–H and O–H groups in total. The van der Waals surface area contributed by atoms with Gasteiger partial charge in [-0.2, -0.15) is 5.10 Å². The lowest BCUT2D eigenvalue weighted by Gasteiger charge is -2.33. The molecular weight excluding hydrogens is 527 g/mol. The Hall–Kier alpha value is -3.51. The van der Waals surface area contributed by atoms with Gasteiger partial charge in [0.05, 0.1) is 30.2 Å². The Bertz CT molecular complexity index is 1390. The van der Waals surface area contributed by atoms with Crippen molar-refractivity contribution < 1.29 is 27.4 Å². The number of halogens is 3. The van der Waals surface area contributed by atoms with E-state index in [1.165, 1.54) is 0 Å². The average Bonchev–Trinajstić information content (AvgIpc) is 3.50. The summed E-state index contributed by atoms with van der Waals surface area (Å²) in [7, 11) is 0. The largest absolute Gasteiger partial charge is 0.349 e. The number of amides is 2. The lowest BCUT2D eigenvalue weighted by Crippen LogP contribution is -2.37. The SMILES string of the molecule is Cc1nonc1C(=O)N[C@H](c1cn2ncc([C@H](NC(=O)C[C@H]3C[C@@H](F)C3)C3CC3)cc2n1)C1CCC(F)(F)CC1. The number of aromatic nitrogens is 5. The zero-order valence-electron chi connectivity index (χ0n) is 22.2. The third kappa shape index (κ3) is 5.68.